The van der Waals surface area contributed by atoms with Crippen molar-refractivity contribution in [3.8, 4) is 5.75 Å². The van der Waals surface area contributed by atoms with Gasteiger partial charge in [-0.05, 0) is 66.4 Å². The Morgan fingerprint density at radius 3 is 2.35 bits per heavy atom. The molecule has 1 spiro atoms. The van der Waals surface area contributed by atoms with Crippen LogP contribution in [0.3, 0.4) is 0 Å². The van der Waals surface area contributed by atoms with Gasteiger partial charge in [-0.3, -0.25) is 14.4 Å². The van der Waals surface area contributed by atoms with Crippen molar-refractivity contribution >= 4 is 42.4 Å². The maximum atomic E-state index is 15.1. The molecular formula is C42H47N3O6Si. The Hall–Kier alpha value is -4.77. The summed E-state index contributed by atoms with van der Waals surface area (Å²) in [6, 6.07) is 32.5. The van der Waals surface area contributed by atoms with E-state index < -0.39 is 19.8 Å². The first-order valence-corrected chi connectivity index (χ1v) is 21.3. The van der Waals surface area contributed by atoms with Crippen LogP contribution in [0.5, 0.6) is 5.75 Å². The first kappa shape index (κ1) is 35.6. The fraction of sp³-hybridized carbons (Fsp3) is 0.357. The van der Waals surface area contributed by atoms with E-state index in [9.17, 15) is 14.7 Å². The van der Waals surface area contributed by atoms with Gasteiger partial charge in [-0.15, -0.1) is 0 Å². The van der Waals surface area contributed by atoms with Gasteiger partial charge in [0.25, 0.3) is 11.8 Å². The zero-order chi connectivity index (χ0) is 36.6. The van der Waals surface area contributed by atoms with Crippen molar-refractivity contribution < 1.29 is 29.0 Å². The summed E-state index contributed by atoms with van der Waals surface area (Å²) in [5.41, 5.74) is 2.43. The van der Waals surface area contributed by atoms with Crippen molar-refractivity contribution in [3.05, 3.63) is 120 Å². The zero-order valence-corrected chi connectivity index (χ0v) is 31.2. The van der Waals surface area contributed by atoms with Gasteiger partial charge in [0.2, 0.25) is 5.91 Å². The van der Waals surface area contributed by atoms with E-state index in [0.717, 1.165) is 35.4 Å². The molecule has 4 aromatic rings. The maximum absolute atomic E-state index is 15.1. The number of aliphatic hydroxyl groups excluding tert-OH is 1. The van der Waals surface area contributed by atoms with Gasteiger partial charge in [-0.2, -0.15) is 0 Å². The minimum absolute atomic E-state index is 0.0367. The number of amides is 3. The van der Waals surface area contributed by atoms with Crippen molar-refractivity contribution in [2.24, 2.45) is 5.92 Å². The minimum Gasteiger partial charge on any atom is -0.497 e. The average Bonchev–Trinajstić information content (AvgIpc) is 3.83. The number of methoxy groups -OCH3 is 1. The van der Waals surface area contributed by atoms with Crippen LogP contribution >= 0.6 is 0 Å². The Labute approximate surface area is 306 Å². The molecule has 270 valence electrons. The van der Waals surface area contributed by atoms with Crippen LogP contribution < -0.4 is 20.1 Å². The molecule has 3 amide bonds. The monoisotopic (exact) mass is 717 g/mol. The van der Waals surface area contributed by atoms with Crippen molar-refractivity contribution in [2.45, 2.75) is 69.1 Å². The lowest BCUT2D eigenvalue weighted by Crippen LogP contribution is -2.52. The van der Waals surface area contributed by atoms with Gasteiger partial charge in [0.15, 0.2) is 5.60 Å². The quantitative estimate of drug-likeness (QED) is 0.193. The molecule has 0 unspecified atom stereocenters. The molecule has 3 aliphatic rings. The summed E-state index contributed by atoms with van der Waals surface area (Å²) in [6.45, 7) is 7.62. The Kier molecular flexibility index (Phi) is 9.82. The third-order valence-corrected chi connectivity index (χ3v) is 16.0. The molecule has 10 heteroatoms. The number of rotatable bonds is 10. The van der Waals surface area contributed by atoms with Gasteiger partial charge in [0.1, 0.15) is 5.75 Å². The van der Waals surface area contributed by atoms with E-state index >= 15 is 4.79 Å². The van der Waals surface area contributed by atoms with Crippen molar-refractivity contribution in [1.82, 2.24) is 4.90 Å². The van der Waals surface area contributed by atoms with Crippen molar-refractivity contribution in [1.29, 1.82) is 0 Å². The molecule has 52 heavy (non-hydrogen) atoms. The molecule has 9 nitrogen and oxygen atoms in total. The summed E-state index contributed by atoms with van der Waals surface area (Å²) in [5, 5.41) is 14.2. The number of anilines is 2. The topological polar surface area (TPSA) is 108 Å². The normalized spacial score (nSPS) is 24.0. The molecule has 0 radical (unpaired) electrons. The predicted octanol–water partition coefficient (Wildman–Crippen LogP) is 6.08. The van der Waals surface area contributed by atoms with Crippen molar-refractivity contribution in [2.75, 3.05) is 30.5 Å². The lowest BCUT2D eigenvalue weighted by atomic mass is 9.82. The summed E-state index contributed by atoms with van der Waals surface area (Å²) in [5.74, 6) is 0.183. The number of hydrogen-bond acceptors (Lipinski definition) is 6. The van der Waals surface area contributed by atoms with E-state index in [-0.39, 0.29) is 48.3 Å². The van der Waals surface area contributed by atoms with Crippen LogP contribution in [0.2, 0.25) is 18.6 Å². The standard InChI is InChI=1S/C42H47N3O6Si/c1-28-39(52(3,4)34-22-20-33(50-2)21-23-34)37(25-38(47)44-24-10-13-32(44)27-46)51-42(28)35-14-8-9-15-36(35)45(41(42)49)26-29-16-18-31(19-17-29)43-40(48)30-11-6-5-7-12-30/h5-9,11-12,14-23,28,32,37,39,46H,10,13,24-27H2,1-4H3,(H,43,48)/t28-,32-,37+,39-,42+/m0/s1. The van der Waals surface area contributed by atoms with Gasteiger partial charge < -0.3 is 29.7 Å². The van der Waals surface area contributed by atoms with Crippen LogP contribution in [0, 0.1) is 5.92 Å². The van der Waals surface area contributed by atoms with E-state index in [1.165, 1.54) is 5.19 Å². The lowest BCUT2D eigenvalue weighted by Gasteiger charge is -2.37. The van der Waals surface area contributed by atoms with Crippen LogP contribution in [0.25, 0.3) is 0 Å². The molecule has 3 aliphatic heterocycles. The first-order valence-electron chi connectivity index (χ1n) is 18.2. The Morgan fingerprint density at radius 1 is 0.962 bits per heavy atom. The summed E-state index contributed by atoms with van der Waals surface area (Å²) in [7, 11) is -0.777. The number of para-hydroxylation sites is 1. The largest absolute Gasteiger partial charge is 0.497 e. The Bertz CT molecular complexity index is 1940. The number of hydrogen-bond donors (Lipinski definition) is 2. The van der Waals surface area contributed by atoms with Crippen LogP contribution in [0.1, 0.15) is 47.7 Å². The molecule has 0 aliphatic carbocycles. The molecule has 0 aromatic heterocycles. The lowest BCUT2D eigenvalue weighted by molar-refractivity contribution is -0.150. The second kappa shape index (κ2) is 14.3. The second-order valence-corrected chi connectivity index (χ2v) is 19.5. The number of benzene rings is 4. The third kappa shape index (κ3) is 6.22. The highest BCUT2D eigenvalue weighted by atomic mass is 28.3. The van der Waals surface area contributed by atoms with E-state index in [4.69, 9.17) is 9.47 Å². The fourth-order valence-electron chi connectivity index (χ4n) is 8.94. The molecule has 2 fully saturated rings. The van der Waals surface area contributed by atoms with E-state index in [1.54, 1.807) is 24.1 Å². The van der Waals surface area contributed by atoms with Gasteiger partial charge in [0, 0.05) is 29.3 Å². The predicted molar refractivity (Wildman–Crippen MR) is 204 cm³/mol. The third-order valence-electron chi connectivity index (χ3n) is 11.6. The number of nitrogens with one attached hydrogen (secondary N) is 1. The molecule has 5 atom stereocenters. The first-order chi connectivity index (χ1) is 25.1. The van der Waals surface area contributed by atoms with Crippen LogP contribution in [0.15, 0.2) is 103 Å². The SMILES string of the molecule is COc1ccc([Si](C)(C)[C@@H]2[C@@H](CC(=O)N3CCC[C@H]3CO)O[C@]3(C(=O)N(Cc4ccc(NC(=O)c5ccccc5)cc4)c4ccccc43)[C@H]2C)cc1. The highest BCUT2D eigenvalue weighted by molar-refractivity contribution is 6.91. The number of likely N-dealkylation sites (tertiary alicyclic amines) is 1. The number of ether oxygens (including phenoxy) is 2. The van der Waals surface area contributed by atoms with Gasteiger partial charge in [-0.1, -0.05) is 85.9 Å². The molecule has 4 aromatic carbocycles. The molecule has 2 N–H and O–H groups in total. The van der Waals surface area contributed by atoms with Crippen LogP contribution in [-0.2, 0) is 26.5 Å². The summed E-state index contributed by atoms with van der Waals surface area (Å²) >= 11 is 0. The van der Waals surface area contributed by atoms with E-state index in [1.807, 2.05) is 83.8 Å². The van der Waals surface area contributed by atoms with Gasteiger partial charge in [-0.25, -0.2) is 0 Å². The van der Waals surface area contributed by atoms with Gasteiger partial charge >= 0.3 is 0 Å². The maximum Gasteiger partial charge on any atom is 0.264 e. The summed E-state index contributed by atoms with van der Waals surface area (Å²) in [6.07, 6.45) is 1.28. The smallest absolute Gasteiger partial charge is 0.264 e. The second-order valence-electron chi connectivity index (χ2n) is 14.9. The van der Waals surface area contributed by atoms with E-state index in [2.05, 4.69) is 37.5 Å². The summed E-state index contributed by atoms with van der Waals surface area (Å²) in [4.78, 5) is 45.4. The number of carbonyl (C=O) groups is 3. The molecule has 7 rings (SSSR count). The van der Waals surface area contributed by atoms with Crippen LogP contribution in [-0.4, -0.2) is 68.2 Å². The van der Waals surface area contributed by atoms with Crippen LogP contribution in [0.4, 0.5) is 11.4 Å². The number of aliphatic hydroxyl groups is 1. The molecule has 0 bridgehead atoms. The van der Waals surface area contributed by atoms with E-state index in [0.29, 0.717) is 24.3 Å². The van der Waals surface area contributed by atoms with Gasteiger partial charge in [0.05, 0.1) is 52.6 Å². The van der Waals surface area contributed by atoms with Crippen molar-refractivity contribution in [3.63, 3.8) is 0 Å². The highest BCUT2D eigenvalue weighted by Crippen LogP contribution is 2.60. The Morgan fingerprint density at radius 2 is 1.65 bits per heavy atom. The minimum atomic E-state index is -2.43. The molecule has 2 saturated heterocycles. The average molecular weight is 718 g/mol. The molecular weight excluding hydrogens is 671 g/mol. The molecule has 3 heterocycles. The number of carbonyl (C=O) groups excluding carboxylic acids is 3. The number of fused-ring (bicyclic) bond motifs is 2. The number of nitrogens with zero attached hydrogens (tertiary/aromatic N) is 2. The fourth-order valence-corrected chi connectivity index (χ4v) is 12.9. The summed E-state index contributed by atoms with van der Waals surface area (Å²) < 4.78 is 12.6. The zero-order valence-electron chi connectivity index (χ0n) is 30.2. The molecule has 0 saturated carbocycles. The Balaban J connectivity index is 1.20. The highest BCUT2D eigenvalue weighted by Gasteiger charge is 2.66.